The van der Waals surface area contributed by atoms with Gasteiger partial charge in [0.2, 0.25) is 0 Å². The van der Waals surface area contributed by atoms with Gasteiger partial charge in [-0.3, -0.25) is 0 Å². The molecule has 1 N–H and O–H groups in total. The summed E-state index contributed by atoms with van der Waals surface area (Å²) in [5.41, 5.74) is 2.57. The Balaban J connectivity index is 1.81. The summed E-state index contributed by atoms with van der Waals surface area (Å²) in [6.07, 6.45) is 3.42. The smallest absolute Gasteiger partial charge is 0.131 e. The highest BCUT2D eigenvalue weighted by atomic mass is 35.5. The maximum atomic E-state index is 6.41. The van der Waals surface area contributed by atoms with E-state index in [4.69, 9.17) is 23.2 Å². The highest BCUT2D eigenvalue weighted by Crippen LogP contribution is 2.38. The lowest BCUT2D eigenvalue weighted by atomic mass is 10.0. The fourth-order valence-corrected chi connectivity index (χ4v) is 4.05. The van der Waals surface area contributed by atoms with Crippen LogP contribution in [-0.4, -0.2) is 34.4 Å². The maximum absolute atomic E-state index is 6.41. The van der Waals surface area contributed by atoms with E-state index >= 15 is 0 Å². The molecule has 1 aromatic carbocycles. The van der Waals surface area contributed by atoms with Gasteiger partial charge < -0.3 is 10.2 Å². The first-order valence-electron chi connectivity index (χ1n) is 7.29. The number of nitrogens with one attached hydrogen (secondary N) is 1. The average molecular weight is 345 g/mol. The zero-order chi connectivity index (χ0) is 14.8. The van der Waals surface area contributed by atoms with Crippen LogP contribution in [0.4, 0.5) is 5.69 Å². The molecule has 1 saturated heterocycles. The van der Waals surface area contributed by atoms with Crippen molar-refractivity contribution in [3.05, 3.63) is 16.1 Å². The molecule has 0 saturated carbocycles. The predicted octanol–water partition coefficient (Wildman–Crippen LogP) is 3.97. The Labute approximate surface area is 138 Å². The first-order chi connectivity index (χ1) is 10.2. The summed E-state index contributed by atoms with van der Waals surface area (Å²) in [6, 6.07) is 2.39. The van der Waals surface area contributed by atoms with E-state index in [9.17, 15) is 0 Å². The SMILES string of the molecule is CCCNC1CCN(c2c(Cl)cc(Cl)c3nsnc23)CC1. The van der Waals surface area contributed by atoms with E-state index < -0.39 is 0 Å². The fourth-order valence-electron chi connectivity index (χ4n) is 2.82. The van der Waals surface area contributed by atoms with Crippen LogP contribution in [0.25, 0.3) is 11.0 Å². The number of benzene rings is 1. The minimum Gasteiger partial charge on any atom is -0.368 e. The molecule has 0 radical (unpaired) electrons. The highest BCUT2D eigenvalue weighted by molar-refractivity contribution is 7.00. The summed E-state index contributed by atoms with van der Waals surface area (Å²) >= 11 is 13.8. The molecule has 21 heavy (non-hydrogen) atoms. The Morgan fingerprint density at radius 1 is 1.24 bits per heavy atom. The van der Waals surface area contributed by atoms with Gasteiger partial charge in [-0.2, -0.15) is 8.75 Å². The van der Waals surface area contributed by atoms with Crippen molar-refractivity contribution in [3.8, 4) is 0 Å². The Bertz CT molecular complexity index is 623. The molecule has 2 heterocycles. The van der Waals surface area contributed by atoms with Gasteiger partial charge in [0, 0.05) is 19.1 Å². The molecule has 0 spiro atoms. The van der Waals surface area contributed by atoms with Crippen LogP contribution in [0.1, 0.15) is 26.2 Å². The first-order valence-corrected chi connectivity index (χ1v) is 8.78. The van der Waals surface area contributed by atoms with Crippen LogP contribution in [0, 0.1) is 0 Å². The largest absolute Gasteiger partial charge is 0.368 e. The van der Waals surface area contributed by atoms with Crippen molar-refractivity contribution in [2.45, 2.75) is 32.2 Å². The summed E-state index contributed by atoms with van der Waals surface area (Å²) < 4.78 is 8.66. The quantitative estimate of drug-likeness (QED) is 0.910. The predicted molar refractivity (Wildman–Crippen MR) is 91.0 cm³/mol. The molecule has 0 unspecified atom stereocenters. The molecule has 1 aliphatic heterocycles. The molecule has 1 fully saturated rings. The van der Waals surface area contributed by atoms with Gasteiger partial charge in [-0.25, -0.2) is 0 Å². The van der Waals surface area contributed by atoms with Crippen molar-refractivity contribution in [2.75, 3.05) is 24.5 Å². The summed E-state index contributed by atoms with van der Waals surface area (Å²) in [4.78, 5) is 2.31. The Hall–Kier alpha value is -0.620. The molecule has 3 rings (SSSR count). The van der Waals surface area contributed by atoms with E-state index in [1.807, 2.05) is 0 Å². The van der Waals surface area contributed by atoms with Gasteiger partial charge >= 0.3 is 0 Å². The van der Waals surface area contributed by atoms with E-state index in [0.29, 0.717) is 16.1 Å². The number of rotatable bonds is 4. The standard InChI is InChI=1S/C14H18Cl2N4S/c1-2-5-17-9-3-6-20(7-4-9)14-11(16)8-10(15)12-13(14)19-21-18-12/h8-9,17H,2-7H2,1H3. The molecule has 0 bridgehead atoms. The molecule has 0 atom stereocenters. The second kappa shape index (κ2) is 6.65. The van der Waals surface area contributed by atoms with E-state index in [0.717, 1.165) is 49.2 Å². The number of hydrogen-bond acceptors (Lipinski definition) is 5. The van der Waals surface area contributed by atoms with Crippen LogP contribution >= 0.6 is 34.9 Å². The van der Waals surface area contributed by atoms with E-state index in [-0.39, 0.29) is 0 Å². The second-order valence-electron chi connectivity index (χ2n) is 5.37. The Morgan fingerprint density at radius 2 is 1.95 bits per heavy atom. The molecule has 0 aliphatic carbocycles. The van der Waals surface area contributed by atoms with Crippen molar-refractivity contribution in [2.24, 2.45) is 0 Å². The highest BCUT2D eigenvalue weighted by Gasteiger charge is 2.24. The summed E-state index contributed by atoms with van der Waals surface area (Å²) in [5.74, 6) is 0. The Kier molecular flexibility index (Phi) is 4.84. The molecular formula is C14H18Cl2N4S. The Morgan fingerprint density at radius 3 is 2.67 bits per heavy atom. The normalized spacial score (nSPS) is 16.8. The maximum Gasteiger partial charge on any atom is 0.131 e. The number of hydrogen-bond donors (Lipinski definition) is 1. The zero-order valence-corrected chi connectivity index (χ0v) is 14.2. The van der Waals surface area contributed by atoms with Gasteiger partial charge in [0.25, 0.3) is 0 Å². The van der Waals surface area contributed by atoms with Gasteiger partial charge in [-0.1, -0.05) is 30.1 Å². The summed E-state index contributed by atoms with van der Waals surface area (Å²) in [6.45, 7) is 5.25. The third-order valence-electron chi connectivity index (χ3n) is 3.91. The lowest BCUT2D eigenvalue weighted by Crippen LogP contribution is -2.42. The van der Waals surface area contributed by atoms with Crippen molar-refractivity contribution in [1.29, 1.82) is 0 Å². The topological polar surface area (TPSA) is 41.0 Å². The lowest BCUT2D eigenvalue weighted by Gasteiger charge is -2.34. The third kappa shape index (κ3) is 3.11. The molecule has 4 nitrogen and oxygen atoms in total. The minimum absolute atomic E-state index is 0.576. The first kappa shape index (κ1) is 15.3. The monoisotopic (exact) mass is 344 g/mol. The van der Waals surface area contributed by atoms with E-state index in [1.54, 1.807) is 6.07 Å². The number of nitrogens with zero attached hydrogens (tertiary/aromatic N) is 3. The van der Waals surface area contributed by atoms with Gasteiger partial charge in [0.05, 0.1) is 27.5 Å². The lowest BCUT2D eigenvalue weighted by molar-refractivity contribution is 0.416. The molecule has 1 aromatic heterocycles. The zero-order valence-electron chi connectivity index (χ0n) is 11.9. The van der Waals surface area contributed by atoms with Gasteiger partial charge in [0.1, 0.15) is 11.0 Å². The number of anilines is 1. The van der Waals surface area contributed by atoms with Crippen molar-refractivity contribution in [1.82, 2.24) is 14.1 Å². The number of piperidine rings is 1. The summed E-state index contributed by atoms with van der Waals surface area (Å²) in [7, 11) is 0. The van der Waals surface area contributed by atoms with Crippen molar-refractivity contribution >= 4 is 51.7 Å². The average Bonchev–Trinajstić information content (AvgIpc) is 2.96. The van der Waals surface area contributed by atoms with Crippen LogP contribution in [-0.2, 0) is 0 Å². The van der Waals surface area contributed by atoms with Gasteiger partial charge in [0.15, 0.2) is 0 Å². The molecule has 0 amide bonds. The van der Waals surface area contributed by atoms with Crippen molar-refractivity contribution in [3.63, 3.8) is 0 Å². The van der Waals surface area contributed by atoms with Gasteiger partial charge in [-0.05, 0) is 31.9 Å². The van der Waals surface area contributed by atoms with Crippen LogP contribution in [0.2, 0.25) is 10.0 Å². The number of halogens is 2. The molecule has 2 aromatic rings. The molecule has 7 heteroatoms. The third-order valence-corrected chi connectivity index (χ3v) is 5.02. The molecule has 1 aliphatic rings. The van der Waals surface area contributed by atoms with Crippen molar-refractivity contribution < 1.29 is 0 Å². The van der Waals surface area contributed by atoms with E-state index in [1.165, 1.54) is 18.1 Å². The van der Waals surface area contributed by atoms with Crippen LogP contribution in [0.3, 0.4) is 0 Å². The van der Waals surface area contributed by atoms with Crippen LogP contribution in [0.5, 0.6) is 0 Å². The second-order valence-corrected chi connectivity index (χ2v) is 6.71. The minimum atomic E-state index is 0.576. The van der Waals surface area contributed by atoms with E-state index in [2.05, 4.69) is 25.9 Å². The van der Waals surface area contributed by atoms with Crippen LogP contribution in [0.15, 0.2) is 6.07 Å². The van der Waals surface area contributed by atoms with Gasteiger partial charge in [-0.15, -0.1) is 0 Å². The number of fused-ring (bicyclic) bond motifs is 1. The van der Waals surface area contributed by atoms with Crippen LogP contribution < -0.4 is 10.2 Å². The fraction of sp³-hybridized carbons (Fsp3) is 0.571. The molecule has 114 valence electrons. The summed E-state index contributed by atoms with van der Waals surface area (Å²) in [5, 5.41) is 4.84. The molecular weight excluding hydrogens is 327 g/mol. The number of aromatic nitrogens is 2.